The highest BCUT2D eigenvalue weighted by molar-refractivity contribution is 5.42. The molecule has 2 aliphatic carbocycles. The summed E-state index contributed by atoms with van der Waals surface area (Å²) in [6.45, 7) is 0. The highest BCUT2D eigenvalue weighted by Crippen LogP contribution is 2.67. The number of allylic oxidation sites excluding steroid dienone is 2. The maximum absolute atomic E-state index is 13.1. The fourth-order valence-corrected chi connectivity index (χ4v) is 1.82. The van der Waals surface area contributed by atoms with Crippen molar-refractivity contribution in [2.75, 3.05) is 0 Å². The van der Waals surface area contributed by atoms with Crippen molar-refractivity contribution in [3.8, 4) is 0 Å². The lowest BCUT2D eigenvalue weighted by Crippen LogP contribution is -2.45. The van der Waals surface area contributed by atoms with Crippen molar-refractivity contribution in [3.63, 3.8) is 0 Å². The van der Waals surface area contributed by atoms with Crippen LogP contribution in [0.4, 0.5) is 26.3 Å². The largest absolute Gasteiger partial charge is 0.327 e. The molecule has 0 radical (unpaired) electrons. The van der Waals surface area contributed by atoms with Crippen LogP contribution in [0.25, 0.3) is 0 Å². The third-order valence-corrected chi connectivity index (χ3v) is 2.70. The van der Waals surface area contributed by atoms with Crippen LogP contribution in [0.15, 0.2) is 11.7 Å². The van der Waals surface area contributed by atoms with Gasteiger partial charge in [0, 0.05) is 0 Å². The van der Waals surface area contributed by atoms with Crippen LogP contribution in [0.5, 0.6) is 0 Å². The number of fused-ring (bicyclic) bond motifs is 2. The summed E-state index contributed by atoms with van der Waals surface area (Å²) in [6.07, 6.45) is -2.04. The van der Waals surface area contributed by atoms with Gasteiger partial charge >= 0.3 is 5.92 Å². The molecule has 2 rings (SSSR count). The van der Waals surface area contributed by atoms with Crippen LogP contribution in [0, 0.1) is 0 Å². The molecule has 2 unspecified atom stereocenters. The first-order valence-corrected chi connectivity index (χ1v) is 3.59. The maximum Gasteiger partial charge on any atom is 0.327 e. The molecule has 2 bridgehead atoms. The molecule has 0 spiro atoms. The Morgan fingerprint density at radius 3 is 1.23 bits per heavy atom. The summed E-state index contributed by atoms with van der Waals surface area (Å²) in [4.78, 5) is 0. The van der Waals surface area contributed by atoms with Crippen LogP contribution in [0.3, 0.4) is 0 Å². The molecule has 1 fully saturated rings. The van der Waals surface area contributed by atoms with Gasteiger partial charge in [0.1, 0.15) is 0 Å². The predicted molar refractivity (Wildman–Crippen MR) is 31.1 cm³/mol. The highest BCUT2D eigenvalue weighted by Gasteiger charge is 2.83. The lowest BCUT2D eigenvalue weighted by molar-refractivity contribution is -0.152. The third-order valence-electron chi connectivity index (χ3n) is 2.70. The van der Waals surface area contributed by atoms with Crippen LogP contribution >= 0.6 is 0 Å². The van der Waals surface area contributed by atoms with E-state index < -0.39 is 41.8 Å². The molecular formula is C7H4F6. The minimum absolute atomic E-state index is 1.02. The Hall–Kier alpha value is -0.680. The Morgan fingerprint density at radius 2 is 1.08 bits per heavy atom. The second kappa shape index (κ2) is 1.88. The molecular weight excluding hydrogens is 198 g/mol. The number of hydrogen-bond donors (Lipinski definition) is 0. The SMILES string of the molecule is FC1=C(F)C2(F)CCC1(F)C2(F)F. The van der Waals surface area contributed by atoms with Gasteiger partial charge in [-0.05, 0) is 12.8 Å². The molecule has 0 aliphatic heterocycles. The topological polar surface area (TPSA) is 0 Å². The molecule has 0 amide bonds. The van der Waals surface area contributed by atoms with E-state index in [9.17, 15) is 26.3 Å². The lowest BCUT2D eigenvalue weighted by atomic mass is 10.0. The van der Waals surface area contributed by atoms with E-state index in [0.29, 0.717) is 0 Å². The van der Waals surface area contributed by atoms with Crippen molar-refractivity contribution in [2.45, 2.75) is 30.1 Å². The number of hydrogen-bond acceptors (Lipinski definition) is 0. The van der Waals surface area contributed by atoms with Gasteiger partial charge in [-0.2, -0.15) is 8.78 Å². The fraction of sp³-hybridized carbons (Fsp3) is 0.714. The fourth-order valence-electron chi connectivity index (χ4n) is 1.82. The second-order valence-corrected chi connectivity index (χ2v) is 3.30. The van der Waals surface area contributed by atoms with Gasteiger partial charge in [-0.15, -0.1) is 0 Å². The zero-order valence-corrected chi connectivity index (χ0v) is 6.18. The smallest absolute Gasteiger partial charge is 0.229 e. The highest BCUT2D eigenvalue weighted by atomic mass is 19.3. The van der Waals surface area contributed by atoms with E-state index >= 15 is 0 Å². The summed E-state index contributed by atoms with van der Waals surface area (Å²) in [5.74, 6) is -9.19. The summed E-state index contributed by atoms with van der Waals surface area (Å²) in [5, 5.41) is 0. The van der Waals surface area contributed by atoms with E-state index in [2.05, 4.69) is 0 Å². The first-order valence-electron chi connectivity index (χ1n) is 3.59. The zero-order chi connectivity index (χ0) is 10.1. The summed E-state index contributed by atoms with van der Waals surface area (Å²) in [6, 6.07) is 0. The Kier molecular flexibility index (Phi) is 1.29. The van der Waals surface area contributed by atoms with E-state index in [-0.39, 0.29) is 0 Å². The Morgan fingerprint density at radius 1 is 0.769 bits per heavy atom. The van der Waals surface area contributed by atoms with Gasteiger partial charge < -0.3 is 0 Å². The Labute approximate surface area is 69.2 Å². The first-order chi connectivity index (χ1) is 5.77. The summed E-state index contributed by atoms with van der Waals surface area (Å²) in [7, 11) is 0. The molecule has 0 saturated heterocycles. The maximum atomic E-state index is 13.1. The van der Waals surface area contributed by atoms with E-state index in [1.807, 2.05) is 0 Å². The second-order valence-electron chi connectivity index (χ2n) is 3.30. The summed E-state index contributed by atoms with van der Waals surface area (Å²) >= 11 is 0. The van der Waals surface area contributed by atoms with Crippen molar-refractivity contribution in [1.82, 2.24) is 0 Å². The Bertz CT molecular complexity index is 280. The summed E-state index contributed by atoms with van der Waals surface area (Å²) in [5.41, 5.74) is -7.54. The standard InChI is InChI=1S/C7H4F6/c8-3-4(9)6(11)2-1-5(3,10)7(6,12)13/h1-2H2. The molecule has 2 atom stereocenters. The van der Waals surface area contributed by atoms with Crippen LogP contribution in [0.2, 0.25) is 0 Å². The van der Waals surface area contributed by atoms with Gasteiger partial charge in [-0.1, -0.05) is 0 Å². The van der Waals surface area contributed by atoms with E-state index in [1.165, 1.54) is 0 Å². The van der Waals surface area contributed by atoms with Gasteiger partial charge in [0.25, 0.3) is 0 Å². The molecule has 0 N–H and O–H groups in total. The van der Waals surface area contributed by atoms with E-state index in [1.54, 1.807) is 0 Å². The van der Waals surface area contributed by atoms with Gasteiger partial charge in [-0.3, -0.25) is 0 Å². The number of rotatable bonds is 0. The molecule has 74 valence electrons. The first kappa shape index (κ1) is 8.90. The predicted octanol–water partition coefficient (Wildman–Crippen LogP) is 3.00. The van der Waals surface area contributed by atoms with E-state index in [0.717, 1.165) is 0 Å². The van der Waals surface area contributed by atoms with Crippen molar-refractivity contribution < 1.29 is 26.3 Å². The summed E-state index contributed by atoms with van der Waals surface area (Å²) < 4.78 is 76.9. The van der Waals surface area contributed by atoms with Crippen LogP contribution in [0.1, 0.15) is 12.8 Å². The van der Waals surface area contributed by atoms with Crippen molar-refractivity contribution in [1.29, 1.82) is 0 Å². The van der Waals surface area contributed by atoms with Crippen molar-refractivity contribution >= 4 is 0 Å². The van der Waals surface area contributed by atoms with Gasteiger partial charge in [0.15, 0.2) is 11.7 Å². The van der Waals surface area contributed by atoms with Gasteiger partial charge in [-0.25, -0.2) is 17.6 Å². The quantitative estimate of drug-likeness (QED) is 0.529. The molecule has 13 heavy (non-hydrogen) atoms. The molecule has 0 aromatic carbocycles. The third kappa shape index (κ3) is 0.605. The molecule has 2 aliphatic rings. The minimum Gasteiger partial charge on any atom is -0.229 e. The van der Waals surface area contributed by atoms with Crippen molar-refractivity contribution in [2.24, 2.45) is 0 Å². The van der Waals surface area contributed by atoms with Crippen LogP contribution < -0.4 is 0 Å². The lowest BCUT2D eigenvalue weighted by Gasteiger charge is -2.23. The molecule has 1 saturated carbocycles. The molecule has 0 aromatic heterocycles. The van der Waals surface area contributed by atoms with E-state index in [4.69, 9.17) is 0 Å². The van der Waals surface area contributed by atoms with Crippen LogP contribution in [-0.4, -0.2) is 17.3 Å². The molecule has 6 heteroatoms. The van der Waals surface area contributed by atoms with Crippen molar-refractivity contribution in [3.05, 3.63) is 11.7 Å². The number of alkyl halides is 4. The van der Waals surface area contributed by atoms with Gasteiger partial charge in [0.05, 0.1) is 0 Å². The van der Waals surface area contributed by atoms with Crippen LogP contribution in [-0.2, 0) is 0 Å². The Balaban J connectivity index is 2.67. The monoisotopic (exact) mass is 202 g/mol. The average Bonchev–Trinajstić information content (AvgIpc) is 2.28. The minimum atomic E-state index is -4.62. The molecule has 0 aromatic rings. The molecule has 0 heterocycles. The van der Waals surface area contributed by atoms with Gasteiger partial charge in [0.2, 0.25) is 11.3 Å². The normalized spacial score (nSPS) is 47.5. The average molecular weight is 202 g/mol. The zero-order valence-electron chi connectivity index (χ0n) is 6.18. The number of halogens is 6. The molecule has 0 nitrogen and oxygen atoms in total.